The van der Waals surface area contributed by atoms with Gasteiger partial charge in [-0.15, -0.1) is 13.2 Å². The van der Waals surface area contributed by atoms with Crippen molar-refractivity contribution >= 4 is 32.0 Å². The molecular formula is C41H60F3N3O7Si. The maximum absolute atomic E-state index is 14.6. The molecule has 3 amide bonds. The monoisotopic (exact) mass is 791 g/mol. The van der Waals surface area contributed by atoms with Gasteiger partial charge in [0.05, 0.1) is 12.1 Å². The van der Waals surface area contributed by atoms with Crippen LogP contribution >= 0.6 is 0 Å². The first-order chi connectivity index (χ1) is 25.3. The molecule has 0 bridgehead atoms. The number of alkyl halides is 3. The van der Waals surface area contributed by atoms with Crippen molar-refractivity contribution in [3.8, 4) is 5.75 Å². The Bertz CT molecular complexity index is 1580. The second-order valence-corrected chi connectivity index (χ2v) is 22.0. The highest BCUT2D eigenvalue weighted by Gasteiger charge is 2.43. The number of ether oxygens (including phenoxy) is 2. The number of carbonyl (C=O) groups excluding carboxylic acids is 4. The molecule has 306 valence electrons. The molecule has 3 rings (SSSR count). The van der Waals surface area contributed by atoms with Gasteiger partial charge in [-0.05, 0) is 87.3 Å². The lowest BCUT2D eigenvalue weighted by Crippen LogP contribution is -2.56. The summed E-state index contributed by atoms with van der Waals surface area (Å²) < 4.78 is 55.8. The van der Waals surface area contributed by atoms with Gasteiger partial charge >= 0.3 is 12.5 Å². The highest BCUT2D eigenvalue weighted by Crippen LogP contribution is 2.39. The van der Waals surface area contributed by atoms with Crippen molar-refractivity contribution in [3.05, 3.63) is 65.7 Å². The minimum Gasteiger partial charge on any atom is -0.444 e. The lowest BCUT2D eigenvalue weighted by molar-refractivity contribution is -0.274. The van der Waals surface area contributed by atoms with E-state index in [1.807, 2.05) is 44.2 Å². The predicted molar refractivity (Wildman–Crippen MR) is 208 cm³/mol. The van der Waals surface area contributed by atoms with Gasteiger partial charge in [0, 0.05) is 31.8 Å². The topological polar surface area (TPSA) is 123 Å². The first kappa shape index (κ1) is 45.5. The van der Waals surface area contributed by atoms with E-state index in [0.717, 1.165) is 5.56 Å². The summed E-state index contributed by atoms with van der Waals surface area (Å²) in [5.74, 6) is -2.21. The molecule has 0 unspecified atom stereocenters. The highest BCUT2D eigenvalue weighted by atomic mass is 28.4. The summed E-state index contributed by atoms with van der Waals surface area (Å²) in [5.41, 5.74) is 0.684. The van der Waals surface area contributed by atoms with Crippen LogP contribution in [0.15, 0.2) is 54.6 Å². The van der Waals surface area contributed by atoms with Gasteiger partial charge in [-0.25, -0.2) is 4.79 Å². The lowest BCUT2D eigenvalue weighted by Gasteiger charge is -2.42. The van der Waals surface area contributed by atoms with Gasteiger partial charge in [0.1, 0.15) is 23.2 Å². The van der Waals surface area contributed by atoms with E-state index in [2.05, 4.69) is 49.2 Å². The van der Waals surface area contributed by atoms with Crippen LogP contribution in [0.4, 0.5) is 18.0 Å². The van der Waals surface area contributed by atoms with Crippen molar-refractivity contribution in [2.24, 2.45) is 11.8 Å². The summed E-state index contributed by atoms with van der Waals surface area (Å²) in [5, 5.41) is 5.79. The maximum atomic E-state index is 14.6. The SMILES string of the molecule is CC(C)[C@H](NC(=O)[C@H](Cc1ccc(OC(F)(F)F)cc1)C[C@H](O[Si](C)(C)C(C)(C)C)[C@H](Cc1ccccc1)NC(=O)OC(C)(C)C)C(=O)N1CCC(=O)CC1. The predicted octanol–water partition coefficient (Wildman–Crippen LogP) is 7.99. The molecule has 0 spiro atoms. The molecule has 55 heavy (non-hydrogen) atoms. The third-order valence-electron chi connectivity index (χ3n) is 10.1. The molecule has 1 aliphatic heterocycles. The fraction of sp³-hybridized carbons (Fsp3) is 0.610. The number of hydrogen-bond donors (Lipinski definition) is 2. The molecule has 2 aromatic carbocycles. The quantitative estimate of drug-likeness (QED) is 0.175. The van der Waals surface area contributed by atoms with E-state index >= 15 is 0 Å². The van der Waals surface area contributed by atoms with Gasteiger partial charge in [0.15, 0.2) is 8.32 Å². The molecule has 2 aromatic rings. The zero-order valence-electron chi connectivity index (χ0n) is 34.0. The van der Waals surface area contributed by atoms with Crippen molar-refractivity contribution in [2.75, 3.05) is 13.1 Å². The summed E-state index contributed by atoms with van der Waals surface area (Å²) in [6, 6.07) is 13.3. The molecular weight excluding hydrogens is 732 g/mol. The number of amides is 3. The van der Waals surface area contributed by atoms with Crippen molar-refractivity contribution in [1.82, 2.24) is 15.5 Å². The number of hydrogen-bond acceptors (Lipinski definition) is 7. The van der Waals surface area contributed by atoms with Crippen molar-refractivity contribution in [1.29, 1.82) is 0 Å². The average molecular weight is 792 g/mol. The number of nitrogens with one attached hydrogen (secondary N) is 2. The smallest absolute Gasteiger partial charge is 0.444 e. The number of carbonyl (C=O) groups is 4. The summed E-state index contributed by atoms with van der Waals surface area (Å²) >= 11 is 0. The number of ketones is 1. The number of nitrogens with zero attached hydrogens (tertiary/aromatic N) is 1. The van der Waals surface area contributed by atoms with Crippen LogP contribution in [0, 0.1) is 11.8 Å². The number of benzene rings is 2. The van der Waals surface area contributed by atoms with Crippen molar-refractivity contribution in [2.45, 2.75) is 136 Å². The summed E-state index contributed by atoms with van der Waals surface area (Å²) in [6.07, 6.45) is -5.24. The van der Waals surface area contributed by atoms with Crippen LogP contribution in [-0.4, -0.2) is 80.1 Å². The molecule has 1 fully saturated rings. The second kappa shape index (κ2) is 18.8. The number of rotatable bonds is 15. The highest BCUT2D eigenvalue weighted by molar-refractivity contribution is 6.74. The fourth-order valence-corrected chi connectivity index (χ4v) is 7.46. The molecule has 10 nitrogen and oxygen atoms in total. The summed E-state index contributed by atoms with van der Waals surface area (Å²) in [4.78, 5) is 55.3. The van der Waals surface area contributed by atoms with E-state index in [9.17, 15) is 32.3 Å². The Labute approximate surface area is 325 Å². The molecule has 1 saturated heterocycles. The van der Waals surface area contributed by atoms with Crippen LogP contribution in [0.3, 0.4) is 0 Å². The van der Waals surface area contributed by atoms with E-state index in [4.69, 9.17) is 9.16 Å². The Morgan fingerprint density at radius 2 is 1.40 bits per heavy atom. The normalized spacial score (nSPS) is 16.5. The Morgan fingerprint density at radius 1 is 0.836 bits per heavy atom. The molecule has 1 heterocycles. The van der Waals surface area contributed by atoms with Gasteiger partial charge < -0.3 is 29.4 Å². The maximum Gasteiger partial charge on any atom is 0.573 e. The molecule has 0 saturated carbocycles. The Kier molecular flexibility index (Phi) is 15.6. The molecule has 4 atom stereocenters. The number of halogens is 3. The van der Waals surface area contributed by atoms with Gasteiger partial charge in [-0.3, -0.25) is 14.4 Å². The Morgan fingerprint density at radius 3 is 1.91 bits per heavy atom. The zero-order valence-corrected chi connectivity index (χ0v) is 35.0. The van der Waals surface area contributed by atoms with E-state index in [1.54, 1.807) is 25.7 Å². The van der Waals surface area contributed by atoms with E-state index < -0.39 is 62.1 Å². The van der Waals surface area contributed by atoms with Crippen LogP contribution in [0.25, 0.3) is 0 Å². The first-order valence-corrected chi connectivity index (χ1v) is 21.9. The Balaban J connectivity index is 2.10. The van der Waals surface area contributed by atoms with Gasteiger partial charge in [-0.2, -0.15) is 0 Å². The summed E-state index contributed by atoms with van der Waals surface area (Å²) in [7, 11) is -2.60. The molecule has 0 radical (unpaired) electrons. The Hall–Kier alpha value is -3.91. The third kappa shape index (κ3) is 14.9. The summed E-state index contributed by atoms with van der Waals surface area (Å²) in [6.45, 7) is 19.9. The molecule has 0 aromatic heterocycles. The minimum atomic E-state index is -4.87. The van der Waals surface area contributed by atoms with Gasteiger partial charge in [0.25, 0.3) is 0 Å². The number of piperidine rings is 1. The fourth-order valence-electron chi connectivity index (χ4n) is 6.09. The minimum absolute atomic E-state index is 0.0806. The van der Waals surface area contributed by atoms with Crippen LogP contribution < -0.4 is 15.4 Å². The molecule has 0 aliphatic carbocycles. The first-order valence-electron chi connectivity index (χ1n) is 19.0. The molecule has 14 heteroatoms. The second-order valence-electron chi connectivity index (χ2n) is 17.3. The average Bonchev–Trinajstić information content (AvgIpc) is 3.05. The third-order valence-corrected chi connectivity index (χ3v) is 14.6. The van der Waals surface area contributed by atoms with Crippen LogP contribution in [0.2, 0.25) is 18.1 Å². The van der Waals surface area contributed by atoms with Crippen LogP contribution in [-0.2, 0) is 36.4 Å². The van der Waals surface area contributed by atoms with E-state index in [-0.39, 0.29) is 61.4 Å². The number of alkyl carbamates (subject to hydrolysis) is 1. The lowest BCUT2D eigenvalue weighted by atomic mass is 9.88. The van der Waals surface area contributed by atoms with Crippen LogP contribution in [0.5, 0.6) is 5.75 Å². The van der Waals surface area contributed by atoms with Gasteiger partial charge in [-0.1, -0.05) is 77.1 Å². The zero-order chi connectivity index (χ0) is 41.4. The number of Topliss-reactive ketones (excluding diaryl/α,β-unsaturated/α-hetero) is 1. The standard InChI is InChI=1S/C41H60F3N3O7Si/c1-27(2)35(37(50)47-22-20-31(48)21-23-47)46-36(49)30(24-29-16-18-32(19-17-29)52-41(42,43)44)26-34(54-55(9,10)40(6,7)8)33(25-28-14-12-11-13-15-28)45-38(51)53-39(3,4)5/h11-19,27,30,33-35H,20-26H2,1-10H3,(H,45,51)(H,46,49)/t30-,33+,34+,35+/m1/s1. The number of likely N-dealkylation sites (tertiary alicyclic amines) is 1. The van der Waals surface area contributed by atoms with E-state index in [1.165, 1.54) is 24.3 Å². The van der Waals surface area contributed by atoms with Gasteiger partial charge in [0.2, 0.25) is 11.8 Å². The van der Waals surface area contributed by atoms with Crippen molar-refractivity contribution in [3.63, 3.8) is 0 Å². The molecule has 2 N–H and O–H groups in total. The largest absolute Gasteiger partial charge is 0.573 e. The molecule has 1 aliphatic rings. The van der Waals surface area contributed by atoms with E-state index in [0.29, 0.717) is 12.0 Å². The van der Waals surface area contributed by atoms with Crippen LogP contribution in [0.1, 0.15) is 85.8 Å². The van der Waals surface area contributed by atoms with Crippen molar-refractivity contribution < 1.29 is 46.2 Å².